The maximum absolute atomic E-state index is 12.3. The van der Waals surface area contributed by atoms with E-state index in [-0.39, 0.29) is 5.91 Å². The second-order valence-electron chi connectivity index (χ2n) is 4.83. The van der Waals surface area contributed by atoms with Gasteiger partial charge in [-0.15, -0.1) is 0 Å². The number of carbonyl (C=O) groups excluding carboxylic acids is 1. The van der Waals surface area contributed by atoms with Crippen molar-refractivity contribution >= 4 is 5.91 Å². The summed E-state index contributed by atoms with van der Waals surface area (Å²) >= 11 is 0. The summed E-state index contributed by atoms with van der Waals surface area (Å²) in [6, 6.07) is 6.03. The number of nitrogens with one attached hydrogen (secondary N) is 1. The van der Waals surface area contributed by atoms with E-state index in [0.717, 1.165) is 25.1 Å². The maximum Gasteiger partial charge on any atom is 0.253 e. The molecule has 4 heteroatoms. The third-order valence-corrected chi connectivity index (χ3v) is 3.46. The van der Waals surface area contributed by atoms with Crippen LogP contribution in [0.3, 0.4) is 0 Å². The van der Waals surface area contributed by atoms with Crippen LogP contribution in [0.15, 0.2) is 18.2 Å². The van der Waals surface area contributed by atoms with Gasteiger partial charge in [0.2, 0.25) is 0 Å². The number of rotatable bonds is 5. The average Bonchev–Trinajstić information content (AvgIpc) is 2.46. The molecule has 0 atom stereocenters. The third-order valence-electron chi connectivity index (χ3n) is 3.46. The van der Waals surface area contributed by atoms with Gasteiger partial charge in [0.1, 0.15) is 0 Å². The molecule has 1 N–H and O–H groups in total. The summed E-state index contributed by atoms with van der Waals surface area (Å²) in [6.07, 6.45) is 1.05. The minimum absolute atomic E-state index is 0.0630. The molecule has 0 saturated heterocycles. The Morgan fingerprint density at radius 3 is 3.05 bits per heavy atom. The molecular weight excluding hydrogens is 240 g/mol. The highest BCUT2D eigenvalue weighted by Gasteiger charge is 2.15. The molecule has 0 aromatic heterocycles. The van der Waals surface area contributed by atoms with Gasteiger partial charge < -0.3 is 15.0 Å². The van der Waals surface area contributed by atoms with Gasteiger partial charge in [0, 0.05) is 32.3 Å². The van der Waals surface area contributed by atoms with Crippen molar-refractivity contribution in [3.63, 3.8) is 0 Å². The topological polar surface area (TPSA) is 41.6 Å². The molecule has 0 radical (unpaired) electrons. The molecule has 0 aliphatic carbocycles. The Kier molecular flexibility index (Phi) is 4.93. The normalized spacial score (nSPS) is 14.0. The van der Waals surface area contributed by atoms with Gasteiger partial charge in [-0.25, -0.2) is 0 Å². The van der Waals surface area contributed by atoms with Crippen molar-refractivity contribution in [1.29, 1.82) is 0 Å². The number of hydrogen-bond donors (Lipinski definition) is 1. The zero-order chi connectivity index (χ0) is 13.7. The molecule has 19 heavy (non-hydrogen) atoms. The van der Waals surface area contributed by atoms with Crippen LogP contribution in [0.1, 0.15) is 28.4 Å². The van der Waals surface area contributed by atoms with Gasteiger partial charge in [-0.2, -0.15) is 0 Å². The molecule has 0 unspecified atom stereocenters. The molecule has 1 amide bonds. The number of fused-ring (bicyclic) bond motifs is 1. The molecule has 0 saturated carbocycles. The summed E-state index contributed by atoms with van der Waals surface area (Å²) in [5.41, 5.74) is 3.36. The molecule has 1 aromatic carbocycles. The minimum atomic E-state index is 0.0630. The standard InChI is InChI=1S/C15H22N2O2/c1-3-19-9-8-17(2)15(18)13-5-4-12-6-7-16-11-14(12)10-13/h4-5,10,16H,3,6-9,11H2,1-2H3. The molecule has 1 aromatic rings. The summed E-state index contributed by atoms with van der Waals surface area (Å²) in [5.74, 6) is 0.0630. The summed E-state index contributed by atoms with van der Waals surface area (Å²) in [4.78, 5) is 14.0. The summed E-state index contributed by atoms with van der Waals surface area (Å²) < 4.78 is 5.28. The smallest absolute Gasteiger partial charge is 0.253 e. The predicted octanol–water partition coefficient (Wildman–Crippen LogP) is 1.44. The van der Waals surface area contributed by atoms with Gasteiger partial charge in [-0.3, -0.25) is 4.79 Å². The van der Waals surface area contributed by atoms with Crippen LogP contribution in [0.2, 0.25) is 0 Å². The van der Waals surface area contributed by atoms with E-state index in [1.54, 1.807) is 4.90 Å². The lowest BCUT2D eigenvalue weighted by molar-refractivity contribution is 0.0710. The van der Waals surface area contributed by atoms with Gasteiger partial charge in [-0.05, 0) is 43.1 Å². The van der Waals surface area contributed by atoms with Crippen molar-refractivity contribution in [2.75, 3.05) is 33.4 Å². The molecule has 1 heterocycles. The monoisotopic (exact) mass is 262 g/mol. The van der Waals surface area contributed by atoms with Crippen LogP contribution in [0.4, 0.5) is 0 Å². The van der Waals surface area contributed by atoms with Crippen LogP contribution < -0.4 is 5.32 Å². The molecule has 2 rings (SSSR count). The Labute approximate surface area is 114 Å². The number of benzene rings is 1. The highest BCUT2D eigenvalue weighted by atomic mass is 16.5. The summed E-state index contributed by atoms with van der Waals surface area (Å²) in [7, 11) is 1.82. The average molecular weight is 262 g/mol. The molecular formula is C15H22N2O2. The molecule has 1 aliphatic rings. The Balaban J connectivity index is 2.02. The molecule has 4 nitrogen and oxygen atoms in total. The van der Waals surface area contributed by atoms with Crippen molar-refractivity contribution < 1.29 is 9.53 Å². The predicted molar refractivity (Wildman–Crippen MR) is 75.3 cm³/mol. The SMILES string of the molecule is CCOCCN(C)C(=O)c1ccc2c(c1)CNCC2. The van der Waals surface area contributed by atoms with Crippen LogP contribution in [0, 0.1) is 0 Å². The maximum atomic E-state index is 12.3. The van der Waals surface area contributed by atoms with Crippen molar-refractivity contribution in [3.8, 4) is 0 Å². The van der Waals surface area contributed by atoms with Gasteiger partial charge in [0.15, 0.2) is 0 Å². The quantitative estimate of drug-likeness (QED) is 0.816. The zero-order valence-corrected chi connectivity index (χ0v) is 11.7. The Morgan fingerprint density at radius 1 is 1.42 bits per heavy atom. The van der Waals surface area contributed by atoms with Crippen molar-refractivity contribution in [2.24, 2.45) is 0 Å². The van der Waals surface area contributed by atoms with E-state index in [0.29, 0.717) is 19.8 Å². The largest absolute Gasteiger partial charge is 0.380 e. The molecule has 0 spiro atoms. The lowest BCUT2D eigenvalue weighted by Gasteiger charge is -2.20. The lowest BCUT2D eigenvalue weighted by atomic mass is 9.98. The number of likely N-dealkylation sites (N-methyl/N-ethyl adjacent to an activating group) is 1. The van der Waals surface area contributed by atoms with E-state index in [1.807, 2.05) is 26.1 Å². The first kappa shape index (κ1) is 14.0. The van der Waals surface area contributed by atoms with Gasteiger partial charge in [-0.1, -0.05) is 6.07 Å². The van der Waals surface area contributed by atoms with Gasteiger partial charge in [0.25, 0.3) is 5.91 Å². The van der Waals surface area contributed by atoms with E-state index >= 15 is 0 Å². The highest BCUT2D eigenvalue weighted by molar-refractivity contribution is 5.94. The fourth-order valence-corrected chi connectivity index (χ4v) is 2.28. The lowest BCUT2D eigenvalue weighted by Crippen LogP contribution is -2.31. The second kappa shape index (κ2) is 6.68. The zero-order valence-electron chi connectivity index (χ0n) is 11.7. The molecule has 0 fully saturated rings. The summed E-state index contributed by atoms with van der Waals surface area (Å²) in [5, 5.41) is 3.33. The van der Waals surface area contributed by atoms with E-state index in [2.05, 4.69) is 11.4 Å². The number of carbonyl (C=O) groups is 1. The summed E-state index contributed by atoms with van der Waals surface area (Å²) in [6.45, 7) is 5.74. The first-order chi connectivity index (χ1) is 9.22. The Bertz CT molecular complexity index is 446. The molecule has 0 bridgehead atoms. The first-order valence-electron chi connectivity index (χ1n) is 6.88. The number of ether oxygens (including phenoxy) is 1. The first-order valence-corrected chi connectivity index (χ1v) is 6.88. The van der Waals surface area contributed by atoms with E-state index < -0.39 is 0 Å². The molecule has 104 valence electrons. The Morgan fingerprint density at radius 2 is 2.26 bits per heavy atom. The van der Waals surface area contributed by atoms with E-state index in [4.69, 9.17) is 4.74 Å². The second-order valence-corrected chi connectivity index (χ2v) is 4.83. The van der Waals surface area contributed by atoms with Crippen LogP contribution >= 0.6 is 0 Å². The third kappa shape index (κ3) is 3.55. The van der Waals surface area contributed by atoms with Crippen LogP contribution in [-0.2, 0) is 17.7 Å². The highest BCUT2D eigenvalue weighted by Crippen LogP contribution is 2.16. The number of amides is 1. The minimum Gasteiger partial charge on any atom is -0.380 e. The van der Waals surface area contributed by atoms with Gasteiger partial charge >= 0.3 is 0 Å². The number of nitrogens with zero attached hydrogens (tertiary/aromatic N) is 1. The van der Waals surface area contributed by atoms with E-state index in [9.17, 15) is 4.79 Å². The van der Waals surface area contributed by atoms with Crippen LogP contribution in [0.5, 0.6) is 0 Å². The van der Waals surface area contributed by atoms with Gasteiger partial charge in [0.05, 0.1) is 6.61 Å². The van der Waals surface area contributed by atoms with Crippen LogP contribution in [-0.4, -0.2) is 44.2 Å². The fourth-order valence-electron chi connectivity index (χ4n) is 2.28. The fraction of sp³-hybridized carbons (Fsp3) is 0.533. The van der Waals surface area contributed by atoms with E-state index in [1.165, 1.54) is 11.1 Å². The molecule has 1 aliphatic heterocycles. The van der Waals surface area contributed by atoms with Crippen molar-refractivity contribution in [1.82, 2.24) is 10.2 Å². The van der Waals surface area contributed by atoms with Crippen molar-refractivity contribution in [2.45, 2.75) is 19.9 Å². The Hall–Kier alpha value is -1.39. The number of hydrogen-bond acceptors (Lipinski definition) is 3. The van der Waals surface area contributed by atoms with Crippen molar-refractivity contribution in [3.05, 3.63) is 34.9 Å². The van der Waals surface area contributed by atoms with Crippen LogP contribution in [0.25, 0.3) is 0 Å².